The monoisotopic (exact) mass is 225 g/mol. The summed E-state index contributed by atoms with van der Waals surface area (Å²) in [6, 6.07) is 4.71. The van der Waals surface area contributed by atoms with Crippen molar-refractivity contribution in [1.82, 2.24) is 5.32 Å². The van der Waals surface area contributed by atoms with Gasteiger partial charge in [0.25, 0.3) is 0 Å². The van der Waals surface area contributed by atoms with Gasteiger partial charge in [0.15, 0.2) is 0 Å². The van der Waals surface area contributed by atoms with Gasteiger partial charge < -0.3 is 5.32 Å². The van der Waals surface area contributed by atoms with Crippen molar-refractivity contribution >= 4 is 0 Å². The summed E-state index contributed by atoms with van der Waals surface area (Å²) in [6.45, 7) is 2.11. The average Bonchev–Trinajstić information content (AvgIpc) is 2.24. The summed E-state index contributed by atoms with van der Waals surface area (Å²) < 4.78 is 26.9. The molecule has 0 aromatic heterocycles. The molecule has 2 unspecified atom stereocenters. The Balaban J connectivity index is 2.08. The van der Waals surface area contributed by atoms with E-state index < -0.39 is 11.6 Å². The summed E-state index contributed by atoms with van der Waals surface area (Å²) in [5.41, 5.74) is 0.217. The fourth-order valence-electron chi connectivity index (χ4n) is 2.37. The Kier molecular flexibility index (Phi) is 3.54. The van der Waals surface area contributed by atoms with Crippen molar-refractivity contribution in [3.8, 4) is 0 Å². The van der Waals surface area contributed by atoms with Crippen LogP contribution in [0.2, 0.25) is 0 Å². The maximum absolute atomic E-state index is 13.4. The number of hydrogen-bond donors (Lipinski definition) is 1. The predicted molar refractivity (Wildman–Crippen MR) is 60.3 cm³/mol. The summed E-state index contributed by atoms with van der Waals surface area (Å²) in [4.78, 5) is 0. The van der Waals surface area contributed by atoms with Crippen LogP contribution < -0.4 is 5.32 Å². The van der Waals surface area contributed by atoms with Crippen molar-refractivity contribution in [3.05, 3.63) is 35.4 Å². The van der Waals surface area contributed by atoms with Crippen LogP contribution >= 0.6 is 0 Å². The van der Waals surface area contributed by atoms with Crippen LogP contribution in [0.5, 0.6) is 0 Å². The Morgan fingerprint density at radius 3 is 2.56 bits per heavy atom. The van der Waals surface area contributed by atoms with Gasteiger partial charge in [0.05, 0.1) is 0 Å². The third-order valence-corrected chi connectivity index (χ3v) is 3.22. The van der Waals surface area contributed by atoms with Crippen LogP contribution in [0.25, 0.3) is 0 Å². The van der Waals surface area contributed by atoms with Crippen molar-refractivity contribution in [3.63, 3.8) is 0 Å². The number of halogens is 2. The first-order chi connectivity index (χ1) is 7.66. The highest BCUT2D eigenvalue weighted by Gasteiger charge is 2.20. The highest BCUT2D eigenvalue weighted by Crippen LogP contribution is 2.19. The van der Waals surface area contributed by atoms with Gasteiger partial charge in [-0.25, -0.2) is 8.78 Å². The van der Waals surface area contributed by atoms with E-state index in [9.17, 15) is 8.78 Å². The molecule has 1 N–H and O–H groups in total. The van der Waals surface area contributed by atoms with Gasteiger partial charge in [0, 0.05) is 17.6 Å². The van der Waals surface area contributed by atoms with Gasteiger partial charge in [0.1, 0.15) is 11.6 Å². The summed E-state index contributed by atoms with van der Waals surface area (Å²) in [7, 11) is 0. The van der Waals surface area contributed by atoms with E-state index in [4.69, 9.17) is 0 Å². The van der Waals surface area contributed by atoms with Crippen molar-refractivity contribution in [1.29, 1.82) is 0 Å². The number of hydrogen-bond acceptors (Lipinski definition) is 1. The molecule has 1 aliphatic rings. The van der Waals surface area contributed by atoms with Gasteiger partial charge in [-0.1, -0.05) is 12.5 Å². The van der Waals surface area contributed by atoms with Gasteiger partial charge in [-0.2, -0.15) is 0 Å². The average molecular weight is 225 g/mol. The lowest BCUT2D eigenvalue weighted by Gasteiger charge is -2.29. The van der Waals surface area contributed by atoms with Crippen LogP contribution in [0.1, 0.15) is 31.7 Å². The highest BCUT2D eigenvalue weighted by atomic mass is 19.1. The largest absolute Gasteiger partial charge is 0.311 e. The molecule has 2 rings (SSSR count). The summed E-state index contributed by atoms with van der Waals surface area (Å²) >= 11 is 0. The molecule has 1 fully saturated rings. The molecule has 1 heterocycles. The maximum Gasteiger partial charge on any atom is 0.129 e. The molecule has 1 aromatic rings. The second kappa shape index (κ2) is 4.91. The Bertz CT molecular complexity index is 345. The fraction of sp³-hybridized carbons (Fsp3) is 0.538. The van der Waals surface area contributed by atoms with E-state index in [2.05, 4.69) is 12.2 Å². The van der Waals surface area contributed by atoms with E-state index in [1.165, 1.54) is 18.2 Å². The third kappa shape index (κ3) is 2.59. The first-order valence-corrected chi connectivity index (χ1v) is 5.85. The molecule has 2 atom stereocenters. The Labute approximate surface area is 94.9 Å². The van der Waals surface area contributed by atoms with E-state index in [1.807, 2.05) is 0 Å². The minimum atomic E-state index is -0.431. The molecule has 1 nitrogen and oxygen atoms in total. The van der Waals surface area contributed by atoms with Crippen LogP contribution in [-0.4, -0.2) is 12.1 Å². The SMILES string of the molecule is CC1CCCC(Cc2c(F)cccc2F)N1. The fourth-order valence-corrected chi connectivity index (χ4v) is 2.37. The lowest BCUT2D eigenvalue weighted by molar-refractivity contribution is 0.328. The van der Waals surface area contributed by atoms with Gasteiger partial charge >= 0.3 is 0 Å². The Morgan fingerprint density at radius 2 is 1.94 bits per heavy atom. The van der Waals surface area contributed by atoms with Gasteiger partial charge in [-0.3, -0.25) is 0 Å². The minimum Gasteiger partial charge on any atom is -0.311 e. The van der Waals surface area contributed by atoms with Crippen molar-refractivity contribution in [2.45, 2.75) is 44.7 Å². The van der Waals surface area contributed by atoms with Crippen LogP contribution in [-0.2, 0) is 6.42 Å². The summed E-state index contributed by atoms with van der Waals surface area (Å²) in [5.74, 6) is -0.861. The van der Waals surface area contributed by atoms with Crippen LogP contribution in [0, 0.1) is 11.6 Å². The maximum atomic E-state index is 13.4. The second-order valence-electron chi connectivity index (χ2n) is 4.60. The number of rotatable bonds is 2. The summed E-state index contributed by atoms with van der Waals surface area (Å²) in [5, 5.41) is 3.39. The predicted octanol–water partition coefficient (Wildman–Crippen LogP) is 3.04. The zero-order valence-corrected chi connectivity index (χ0v) is 9.47. The van der Waals surface area contributed by atoms with Gasteiger partial charge in [-0.05, 0) is 38.3 Å². The summed E-state index contributed by atoms with van der Waals surface area (Å²) in [6.07, 6.45) is 3.73. The molecule has 0 bridgehead atoms. The molecular weight excluding hydrogens is 208 g/mol. The van der Waals surface area contributed by atoms with Crippen molar-refractivity contribution in [2.75, 3.05) is 0 Å². The van der Waals surface area contributed by atoms with Gasteiger partial charge in [0.2, 0.25) is 0 Å². The molecule has 1 aliphatic heterocycles. The van der Waals surface area contributed by atoms with Crippen LogP contribution in [0.3, 0.4) is 0 Å². The zero-order valence-electron chi connectivity index (χ0n) is 9.47. The smallest absolute Gasteiger partial charge is 0.129 e. The van der Waals surface area contributed by atoms with E-state index in [-0.39, 0.29) is 11.6 Å². The van der Waals surface area contributed by atoms with E-state index >= 15 is 0 Å². The van der Waals surface area contributed by atoms with E-state index in [1.54, 1.807) is 0 Å². The molecule has 88 valence electrons. The minimum absolute atomic E-state index is 0.204. The van der Waals surface area contributed by atoms with Crippen LogP contribution in [0.15, 0.2) is 18.2 Å². The molecule has 0 spiro atoms. The van der Waals surface area contributed by atoms with E-state index in [0.717, 1.165) is 19.3 Å². The highest BCUT2D eigenvalue weighted by molar-refractivity contribution is 5.20. The first-order valence-electron chi connectivity index (χ1n) is 5.85. The lowest BCUT2D eigenvalue weighted by Crippen LogP contribution is -2.42. The molecular formula is C13H17F2N. The molecule has 16 heavy (non-hydrogen) atoms. The normalized spacial score (nSPS) is 25.7. The van der Waals surface area contributed by atoms with E-state index in [0.29, 0.717) is 12.5 Å². The van der Waals surface area contributed by atoms with Crippen molar-refractivity contribution < 1.29 is 8.78 Å². The molecule has 1 aromatic carbocycles. The Hall–Kier alpha value is -0.960. The quantitative estimate of drug-likeness (QED) is 0.815. The topological polar surface area (TPSA) is 12.0 Å². The van der Waals surface area contributed by atoms with Crippen molar-refractivity contribution in [2.24, 2.45) is 0 Å². The molecule has 0 aliphatic carbocycles. The molecule has 0 amide bonds. The number of piperidine rings is 1. The lowest BCUT2D eigenvalue weighted by atomic mass is 9.94. The number of benzene rings is 1. The van der Waals surface area contributed by atoms with Crippen LogP contribution in [0.4, 0.5) is 8.78 Å². The molecule has 1 saturated heterocycles. The standard InChI is InChI=1S/C13H17F2N/c1-9-4-2-5-10(16-9)8-11-12(14)6-3-7-13(11)15/h3,6-7,9-10,16H,2,4-5,8H2,1H3. The number of nitrogens with one attached hydrogen (secondary N) is 1. The molecule has 0 saturated carbocycles. The third-order valence-electron chi connectivity index (χ3n) is 3.22. The molecule has 0 radical (unpaired) electrons. The second-order valence-corrected chi connectivity index (χ2v) is 4.60. The zero-order chi connectivity index (χ0) is 11.5. The Morgan fingerprint density at radius 1 is 1.25 bits per heavy atom. The molecule has 3 heteroatoms. The van der Waals surface area contributed by atoms with Gasteiger partial charge in [-0.15, -0.1) is 0 Å². The first kappa shape index (κ1) is 11.5.